The van der Waals surface area contributed by atoms with Gasteiger partial charge in [0.05, 0.1) is 10.2 Å². The number of carbonyl (C=O) groups excluding carboxylic acids is 1. The molecule has 3 nitrogen and oxygen atoms in total. The topological polar surface area (TPSA) is 34.4 Å². The smallest absolute Gasteiger partial charge is 0.279 e. The number of fused-ring (bicyclic) bond motifs is 1. The first-order valence-corrected chi connectivity index (χ1v) is 8.42. The Morgan fingerprint density at radius 2 is 1.78 bits per heavy atom. The Kier molecular flexibility index (Phi) is 3.94. The summed E-state index contributed by atoms with van der Waals surface area (Å²) >= 11 is 1.55. The quantitative estimate of drug-likeness (QED) is 0.660. The second kappa shape index (κ2) is 5.78. The average Bonchev–Trinajstić information content (AvgIpc) is 2.80. The van der Waals surface area contributed by atoms with Gasteiger partial charge in [-0.15, -0.1) is 0 Å². The molecule has 1 amide bonds. The van der Waals surface area contributed by atoms with E-state index >= 15 is 0 Å². The molecule has 0 atom stereocenters. The van der Waals surface area contributed by atoms with Crippen molar-refractivity contribution in [3.05, 3.63) is 63.0 Å². The molecule has 0 radical (unpaired) electrons. The van der Waals surface area contributed by atoms with E-state index in [4.69, 9.17) is 0 Å². The number of aromatic nitrogens is 1. The van der Waals surface area contributed by atoms with Gasteiger partial charge in [0.1, 0.15) is 0 Å². The van der Waals surface area contributed by atoms with Crippen LogP contribution in [-0.4, -0.2) is 10.5 Å². The predicted octanol–water partition coefficient (Wildman–Crippen LogP) is 4.21. The van der Waals surface area contributed by atoms with E-state index in [-0.39, 0.29) is 5.91 Å². The Labute approximate surface area is 139 Å². The largest absolute Gasteiger partial charge is 0.319 e. The first-order valence-electron chi connectivity index (χ1n) is 7.60. The summed E-state index contributed by atoms with van der Waals surface area (Å²) in [5.74, 6) is -0.181. The highest BCUT2D eigenvalue weighted by atomic mass is 32.1. The van der Waals surface area contributed by atoms with Crippen LogP contribution in [0.4, 0.5) is 0 Å². The van der Waals surface area contributed by atoms with Crippen LogP contribution < -0.4 is 4.80 Å². The highest BCUT2D eigenvalue weighted by Crippen LogP contribution is 2.23. The molecular weight excluding hydrogens is 304 g/mol. The van der Waals surface area contributed by atoms with E-state index in [0.29, 0.717) is 5.56 Å². The number of amides is 1. The third-order valence-corrected chi connectivity index (χ3v) is 5.39. The van der Waals surface area contributed by atoms with Crippen molar-refractivity contribution in [2.24, 2.45) is 12.0 Å². The first-order chi connectivity index (χ1) is 10.9. The molecule has 0 N–H and O–H groups in total. The second-order valence-electron chi connectivity index (χ2n) is 6.03. The van der Waals surface area contributed by atoms with Crippen molar-refractivity contribution in [2.45, 2.75) is 27.7 Å². The zero-order valence-corrected chi connectivity index (χ0v) is 14.9. The summed E-state index contributed by atoms with van der Waals surface area (Å²) in [4.78, 5) is 17.7. The van der Waals surface area contributed by atoms with Crippen molar-refractivity contribution in [3.8, 4) is 0 Å². The van der Waals surface area contributed by atoms with Crippen LogP contribution in [-0.2, 0) is 7.05 Å². The van der Waals surface area contributed by atoms with Gasteiger partial charge in [-0.3, -0.25) is 4.79 Å². The van der Waals surface area contributed by atoms with Crippen LogP contribution in [0.3, 0.4) is 0 Å². The molecule has 1 aromatic heterocycles. The van der Waals surface area contributed by atoms with Crippen molar-refractivity contribution < 1.29 is 4.79 Å². The number of hydrogen-bond acceptors (Lipinski definition) is 2. The Balaban J connectivity index is 2.16. The Morgan fingerprint density at radius 3 is 2.48 bits per heavy atom. The highest BCUT2D eigenvalue weighted by Gasteiger charge is 2.11. The molecule has 0 saturated heterocycles. The first kappa shape index (κ1) is 15.7. The van der Waals surface area contributed by atoms with Crippen molar-refractivity contribution in [1.82, 2.24) is 4.57 Å². The number of aryl methyl sites for hydroxylation is 5. The van der Waals surface area contributed by atoms with Gasteiger partial charge in [0.2, 0.25) is 0 Å². The van der Waals surface area contributed by atoms with Crippen LogP contribution >= 0.6 is 11.3 Å². The lowest BCUT2D eigenvalue weighted by atomic mass is 10.1. The van der Waals surface area contributed by atoms with Gasteiger partial charge >= 0.3 is 0 Å². The van der Waals surface area contributed by atoms with Gasteiger partial charge in [-0.25, -0.2) is 0 Å². The van der Waals surface area contributed by atoms with Gasteiger partial charge in [0.15, 0.2) is 4.80 Å². The van der Waals surface area contributed by atoms with E-state index in [0.717, 1.165) is 26.1 Å². The molecule has 0 saturated carbocycles. The van der Waals surface area contributed by atoms with Crippen LogP contribution in [0, 0.1) is 27.7 Å². The SMILES string of the molecule is Cc1ccc(C(=O)N=c2sc3ccc(C)c(C)c3n2C)c(C)c1. The summed E-state index contributed by atoms with van der Waals surface area (Å²) in [6, 6.07) is 10.0. The molecule has 4 heteroatoms. The minimum Gasteiger partial charge on any atom is -0.319 e. The summed E-state index contributed by atoms with van der Waals surface area (Å²) in [6.45, 7) is 8.19. The van der Waals surface area contributed by atoms with Crippen molar-refractivity contribution in [1.29, 1.82) is 0 Å². The Hall–Kier alpha value is -2.20. The predicted molar refractivity (Wildman–Crippen MR) is 96.1 cm³/mol. The molecule has 0 unspecified atom stereocenters. The lowest BCUT2D eigenvalue weighted by molar-refractivity contribution is 0.0997. The van der Waals surface area contributed by atoms with Gasteiger partial charge in [-0.1, -0.05) is 35.1 Å². The zero-order valence-electron chi connectivity index (χ0n) is 14.1. The lowest BCUT2D eigenvalue weighted by Gasteiger charge is -2.04. The Morgan fingerprint density at radius 1 is 1.04 bits per heavy atom. The van der Waals surface area contributed by atoms with Gasteiger partial charge < -0.3 is 4.57 Å². The third-order valence-electron chi connectivity index (χ3n) is 4.30. The van der Waals surface area contributed by atoms with Crippen molar-refractivity contribution in [3.63, 3.8) is 0 Å². The Bertz CT molecular complexity index is 993. The maximum absolute atomic E-state index is 12.6. The summed E-state index contributed by atoms with van der Waals surface area (Å²) in [5.41, 5.74) is 6.43. The standard InChI is InChI=1S/C19H20N2OS/c1-11-6-8-15(13(3)10-11)18(22)20-19-21(5)17-14(4)12(2)7-9-16(17)23-19/h6-10H,1-5H3. The number of hydrogen-bond donors (Lipinski definition) is 0. The highest BCUT2D eigenvalue weighted by molar-refractivity contribution is 7.16. The maximum atomic E-state index is 12.6. The van der Waals surface area contributed by atoms with Gasteiger partial charge in [0.25, 0.3) is 5.91 Å². The summed E-state index contributed by atoms with van der Waals surface area (Å²) in [6.07, 6.45) is 0. The van der Waals surface area contributed by atoms with E-state index in [1.807, 2.05) is 43.7 Å². The molecule has 0 aliphatic heterocycles. The number of thiazole rings is 1. The van der Waals surface area contributed by atoms with Crippen LogP contribution in [0.2, 0.25) is 0 Å². The second-order valence-corrected chi connectivity index (χ2v) is 7.04. The number of benzene rings is 2. The number of rotatable bonds is 1. The minimum absolute atomic E-state index is 0.181. The molecule has 1 heterocycles. The fraction of sp³-hybridized carbons (Fsp3) is 0.263. The molecule has 3 rings (SSSR count). The summed E-state index contributed by atoms with van der Waals surface area (Å²) < 4.78 is 3.17. The van der Waals surface area contributed by atoms with Gasteiger partial charge in [-0.2, -0.15) is 4.99 Å². The molecule has 0 fully saturated rings. The van der Waals surface area contributed by atoms with Crippen LogP contribution in [0.1, 0.15) is 32.6 Å². The molecule has 0 aliphatic carbocycles. The molecule has 0 spiro atoms. The summed E-state index contributed by atoms with van der Waals surface area (Å²) in [7, 11) is 1.97. The normalized spacial score (nSPS) is 12.1. The third kappa shape index (κ3) is 2.75. The average molecular weight is 324 g/mol. The number of nitrogens with zero attached hydrogens (tertiary/aromatic N) is 2. The van der Waals surface area contributed by atoms with Crippen LogP contribution in [0.15, 0.2) is 35.3 Å². The van der Waals surface area contributed by atoms with Crippen LogP contribution in [0.25, 0.3) is 10.2 Å². The van der Waals surface area contributed by atoms with E-state index < -0.39 is 0 Å². The monoisotopic (exact) mass is 324 g/mol. The van der Waals surface area contributed by atoms with E-state index in [1.165, 1.54) is 11.1 Å². The fourth-order valence-electron chi connectivity index (χ4n) is 2.84. The van der Waals surface area contributed by atoms with Gasteiger partial charge in [-0.05, 0) is 56.5 Å². The molecular formula is C19H20N2OS. The fourth-order valence-corrected chi connectivity index (χ4v) is 3.91. The van der Waals surface area contributed by atoms with E-state index in [1.54, 1.807) is 11.3 Å². The van der Waals surface area contributed by atoms with Gasteiger partial charge in [0, 0.05) is 12.6 Å². The lowest BCUT2D eigenvalue weighted by Crippen LogP contribution is -2.14. The molecule has 2 aromatic carbocycles. The zero-order chi connectivity index (χ0) is 16.7. The van der Waals surface area contributed by atoms with Crippen LogP contribution in [0.5, 0.6) is 0 Å². The molecule has 118 valence electrons. The van der Waals surface area contributed by atoms with E-state index in [9.17, 15) is 4.79 Å². The molecule has 0 bridgehead atoms. The molecule has 3 aromatic rings. The molecule has 0 aliphatic rings. The van der Waals surface area contributed by atoms with Crippen molar-refractivity contribution >= 4 is 27.5 Å². The minimum atomic E-state index is -0.181. The van der Waals surface area contributed by atoms with E-state index in [2.05, 4.69) is 31.0 Å². The maximum Gasteiger partial charge on any atom is 0.279 e. The number of carbonyl (C=O) groups is 1. The summed E-state index contributed by atoms with van der Waals surface area (Å²) in [5, 5.41) is 0. The molecule has 23 heavy (non-hydrogen) atoms. The van der Waals surface area contributed by atoms with Crippen molar-refractivity contribution in [2.75, 3.05) is 0 Å².